The fourth-order valence-electron chi connectivity index (χ4n) is 2.73. The minimum atomic E-state index is -0.254. The molecule has 8 nitrogen and oxygen atoms in total. The molecule has 0 aliphatic heterocycles. The molecule has 1 aromatic carbocycles. The Morgan fingerprint density at radius 2 is 2.11 bits per heavy atom. The van der Waals surface area contributed by atoms with Gasteiger partial charge in [0, 0.05) is 25.4 Å². The highest BCUT2D eigenvalue weighted by molar-refractivity contribution is 7.16. The molecule has 1 N–H and O–H groups in total. The molecule has 0 aliphatic carbocycles. The fourth-order valence-corrected chi connectivity index (χ4v) is 3.44. The molecule has 0 aliphatic rings. The number of fused-ring (bicyclic) bond motifs is 1. The van der Waals surface area contributed by atoms with Crippen LogP contribution in [0.5, 0.6) is 0 Å². The van der Waals surface area contributed by atoms with E-state index >= 15 is 0 Å². The highest BCUT2D eigenvalue weighted by atomic mass is 32.1. The van der Waals surface area contributed by atoms with Gasteiger partial charge in [0.15, 0.2) is 5.82 Å². The molecule has 0 spiro atoms. The van der Waals surface area contributed by atoms with Gasteiger partial charge in [-0.15, -0.1) is 16.4 Å². The maximum absolute atomic E-state index is 12.3. The number of nitrogens with zero attached hydrogens (tertiary/aromatic N) is 5. The summed E-state index contributed by atoms with van der Waals surface area (Å²) in [4.78, 5) is 33.1. The van der Waals surface area contributed by atoms with Crippen molar-refractivity contribution in [1.82, 2.24) is 29.6 Å². The van der Waals surface area contributed by atoms with E-state index in [0.29, 0.717) is 17.1 Å². The number of nitrogens with one attached hydrogen (secondary N) is 1. The number of thiazole rings is 1. The molecule has 9 heteroatoms. The number of carbonyl (C=O) groups is 1. The molecule has 4 aromatic rings. The van der Waals surface area contributed by atoms with Crippen LogP contribution in [0.1, 0.15) is 10.4 Å². The van der Waals surface area contributed by atoms with Gasteiger partial charge in [-0.05, 0) is 30.3 Å². The second-order valence-electron chi connectivity index (χ2n) is 5.89. The highest BCUT2D eigenvalue weighted by Crippen LogP contribution is 2.19. The average molecular weight is 380 g/mol. The largest absolute Gasteiger partial charge is 0.350 e. The van der Waals surface area contributed by atoms with Crippen LogP contribution in [0.4, 0.5) is 0 Å². The van der Waals surface area contributed by atoms with Crippen molar-refractivity contribution in [3.8, 4) is 11.5 Å². The third-order valence-corrected chi connectivity index (χ3v) is 4.93. The molecule has 0 saturated carbocycles. The minimum Gasteiger partial charge on any atom is -0.350 e. The van der Waals surface area contributed by atoms with E-state index in [2.05, 4.69) is 20.4 Å². The summed E-state index contributed by atoms with van der Waals surface area (Å²) in [6.07, 6.45) is 1.65. The molecule has 0 bridgehead atoms. The molecule has 4 rings (SSSR count). The van der Waals surface area contributed by atoms with E-state index in [9.17, 15) is 9.59 Å². The number of aromatic nitrogens is 5. The number of pyridine rings is 1. The van der Waals surface area contributed by atoms with Gasteiger partial charge >= 0.3 is 5.69 Å². The van der Waals surface area contributed by atoms with Crippen molar-refractivity contribution < 1.29 is 4.79 Å². The van der Waals surface area contributed by atoms with Crippen molar-refractivity contribution in [2.24, 2.45) is 7.05 Å². The Kier molecular flexibility index (Phi) is 4.51. The van der Waals surface area contributed by atoms with Crippen molar-refractivity contribution >= 4 is 27.5 Å². The minimum absolute atomic E-state index is 0.195. The van der Waals surface area contributed by atoms with E-state index in [-0.39, 0.29) is 24.7 Å². The van der Waals surface area contributed by atoms with Crippen LogP contribution in [0.2, 0.25) is 0 Å². The van der Waals surface area contributed by atoms with Gasteiger partial charge in [-0.1, -0.05) is 6.07 Å². The Morgan fingerprint density at radius 1 is 1.22 bits per heavy atom. The van der Waals surface area contributed by atoms with Crippen molar-refractivity contribution in [1.29, 1.82) is 0 Å². The number of rotatable bonds is 5. The van der Waals surface area contributed by atoms with Crippen LogP contribution in [0.3, 0.4) is 0 Å². The smallest absolute Gasteiger partial charge is 0.346 e. The predicted molar refractivity (Wildman–Crippen MR) is 103 cm³/mol. The van der Waals surface area contributed by atoms with Crippen LogP contribution in [0.25, 0.3) is 21.7 Å². The molecular weight excluding hydrogens is 364 g/mol. The Morgan fingerprint density at radius 3 is 2.93 bits per heavy atom. The van der Waals surface area contributed by atoms with Crippen LogP contribution in [0, 0.1) is 0 Å². The summed E-state index contributed by atoms with van der Waals surface area (Å²) < 4.78 is 3.74. The second kappa shape index (κ2) is 7.12. The standard InChI is InChI=1S/C18H16N6O2S/c1-23-16(14-4-2-3-7-19-14)22-24(18(23)26)9-8-20-17(25)12-5-6-13-15(10-12)27-11-21-13/h2-7,10-11H,8-9H2,1H3,(H,20,25). The molecule has 3 heterocycles. The molecule has 3 aromatic heterocycles. The number of amides is 1. The Balaban J connectivity index is 1.44. The Bertz CT molecular complexity index is 1160. The molecule has 0 saturated heterocycles. The van der Waals surface area contributed by atoms with Gasteiger partial charge in [-0.2, -0.15) is 0 Å². The summed E-state index contributed by atoms with van der Waals surface area (Å²) in [5.74, 6) is 0.293. The topological polar surface area (TPSA) is 94.7 Å². The summed E-state index contributed by atoms with van der Waals surface area (Å²) in [5.41, 5.74) is 3.56. The van der Waals surface area contributed by atoms with Crippen LogP contribution in [-0.4, -0.2) is 36.8 Å². The van der Waals surface area contributed by atoms with Gasteiger partial charge in [0.1, 0.15) is 5.69 Å². The van der Waals surface area contributed by atoms with Gasteiger partial charge in [0.2, 0.25) is 0 Å². The summed E-state index contributed by atoms with van der Waals surface area (Å²) >= 11 is 1.49. The van der Waals surface area contributed by atoms with Crippen LogP contribution >= 0.6 is 11.3 Å². The lowest BCUT2D eigenvalue weighted by molar-refractivity contribution is 0.0952. The van der Waals surface area contributed by atoms with Gasteiger partial charge in [-0.25, -0.2) is 14.5 Å². The van der Waals surface area contributed by atoms with E-state index in [1.54, 1.807) is 37.0 Å². The lowest BCUT2D eigenvalue weighted by atomic mass is 10.2. The normalized spacial score (nSPS) is 11.0. The van der Waals surface area contributed by atoms with Crippen molar-refractivity contribution in [2.75, 3.05) is 6.54 Å². The van der Waals surface area contributed by atoms with Crippen LogP contribution in [0.15, 0.2) is 52.9 Å². The fraction of sp³-hybridized carbons (Fsp3) is 0.167. The third-order valence-electron chi connectivity index (χ3n) is 4.14. The van der Waals surface area contributed by atoms with E-state index in [4.69, 9.17) is 0 Å². The van der Waals surface area contributed by atoms with Crippen LogP contribution < -0.4 is 11.0 Å². The monoisotopic (exact) mass is 380 g/mol. The van der Waals surface area contributed by atoms with Crippen molar-refractivity contribution in [3.05, 3.63) is 64.2 Å². The Hall–Kier alpha value is -3.33. The van der Waals surface area contributed by atoms with E-state index in [0.717, 1.165) is 10.2 Å². The highest BCUT2D eigenvalue weighted by Gasteiger charge is 2.13. The first kappa shape index (κ1) is 17.1. The first-order valence-electron chi connectivity index (χ1n) is 8.30. The SMILES string of the molecule is Cn1c(-c2ccccn2)nn(CCNC(=O)c2ccc3ncsc3c2)c1=O. The lowest BCUT2D eigenvalue weighted by Gasteiger charge is -2.05. The van der Waals surface area contributed by atoms with E-state index < -0.39 is 0 Å². The van der Waals surface area contributed by atoms with Gasteiger partial charge in [0.05, 0.1) is 22.3 Å². The second-order valence-corrected chi connectivity index (χ2v) is 6.78. The van der Waals surface area contributed by atoms with Gasteiger partial charge < -0.3 is 5.32 Å². The molecular formula is C18H16N6O2S. The number of benzene rings is 1. The predicted octanol–water partition coefficient (Wildman–Crippen LogP) is 1.68. The molecule has 136 valence electrons. The maximum atomic E-state index is 12.3. The van der Waals surface area contributed by atoms with Crippen molar-refractivity contribution in [2.45, 2.75) is 6.54 Å². The van der Waals surface area contributed by atoms with E-state index in [1.165, 1.54) is 20.6 Å². The number of hydrogen-bond acceptors (Lipinski definition) is 6. The zero-order valence-corrected chi connectivity index (χ0v) is 15.3. The van der Waals surface area contributed by atoms with Crippen LogP contribution in [-0.2, 0) is 13.6 Å². The molecule has 27 heavy (non-hydrogen) atoms. The molecule has 1 amide bonds. The lowest BCUT2D eigenvalue weighted by Crippen LogP contribution is -2.31. The zero-order chi connectivity index (χ0) is 18.8. The molecule has 0 radical (unpaired) electrons. The third kappa shape index (κ3) is 3.36. The number of carbonyl (C=O) groups excluding carboxylic acids is 1. The molecule has 0 atom stereocenters. The zero-order valence-electron chi connectivity index (χ0n) is 14.5. The van der Waals surface area contributed by atoms with Gasteiger partial charge in [-0.3, -0.25) is 14.3 Å². The summed E-state index contributed by atoms with van der Waals surface area (Å²) in [6, 6.07) is 10.8. The van der Waals surface area contributed by atoms with E-state index in [1.807, 2.05) is 18.2 Å². The average Bonchev–Trinajstić information content (AvgIpc) is 3.28. The van der Waals surface area contributed by atoms with Gasteiger partial charge in [0.25, 0.3) is 5.91 Å². The summed E-state index contributed by atoms with van der Waals surface area (Å²) in [6.45, 7) is 0.562. The quantitative estimate of drug-likeness (QED) is 0.568. The number of hydrogen-bond donors (Lipinski definition) is 1. The first-order chi connectivity index (χ1) is 13.1. The summed E-state index contributed by atoms with van der Waals surface area (Å²) in [5, 5.41) is 7.15. The van der Waals surface area contributed by atoms with Crippen molar-refractivity contribution in [3.63, 3.8) is 0 Å². The maximum Gasteiger partial charge on any atom is 0.346 e. The molecule has 0 unspecified atom stereocenters. The first-order valence-corrected chi connectivity index (χ1v) is 9.18. The molecule has 0 fully saturated rings. The Labute approximate surface area is 158 Å². The summed E-state index contributed by atoms with van der Waals surface area (Å²) in [7, 11) is 1.65.